The van der Waals surface area contributed by atoms with Crippen molar-refractivity contribution in [3.05, 3.63) is 30.3 Å². The number of rotatable bonds is 7. The molecular weight excluding hydrogens is 216 g/mol. The lowest BCUT2D eigenvalue weighted by Crippen LogP contribution is -2.17. The highest BCUT2D eigenvalue weighted by molar-refractivity contribution is 5.20. The van der Waals surface area contributed by atoms with Gasteiger partial charge in [-0.25, -0.2) is 0 Å². The van der Waals surface area contributed by atoms with E-state index < -0.39 is 0 Å². The van der Waals surface area contributed by atoms with Crippen LogP contribution in [0.5, 0.6) is 5.75 Å². The minimum absolute atomic E-state index is 0.212. The van der Waals surface area contributed by atoms with Crippen LogP contribution in [0.2, 0.25) is 0 Å². The number of para-hydroxylation sites is 1. The van der Waals surface area contributed by atoms with Crippen LogP contribution in [0.25, 0.3) is 0 Å². The van der Waals surface area contributed by atoms with E-state index >= 15 is 0 Å². The number of epoxide rings is 1. The summed E-state index contributed by atoms with van der Waals surface area (Å²) in [5, 5.41) is 0. The topological polar surface area (TPSA) is 31.0 Å². The van der Waals surface area contributed by atoms with E-state index in [0.29, 0.717) is 18.8 Å². The fourth-order valence-corrected chi connectivity index (χ4v) is 1.87. The van der Waals surface area contributed by atoms with Gasteiger partial charge in [-0.2, -0.15) is 0 Å². The Balaban J connectivity index is 1.60. The Morgan fingerprint density at radius 1 is 1.24 bits per heavy atom. The number of hydrogen-bond donors (Lipinski definition) is 0. The molecule has 1 aliphatic heterocycles. The number of ether oxygens (including phenoxy) is 3. The van der Waals surface area contributed by atoms with Crippen LogP contribution in [-0.4, -0.2) is 25.1 Å². The molecule has 1 aromatic rings. The first kappa shape index (κ1) is 12.4. The summed E-state index contributed by atoms with van der Waals surface area (Å²) >= 11 is 0. The fraction of sp³-hybridized carbons (Fsp3) is 0.571. The first-order chi connectivity index (χ1) is 8.29. The summed E-state index contributed by atoms with van der Waals surface area (Å²) in [6.45, 7) is 4.75. The number of hydrogen-bond acceptors (Lipinski definition) is 3. The summed E-state index contributed by atoms with van der Waals surface area (Å²) in [4.78, 5) is 0. The third-order valence-corrected chi connectivity index (χ3v) is 2.89. The molecule has 3 unspecified atom stereocenters. The second-order valence-corrected chi connectivity index (χ2v) is 4.28. The van der Waals surface area contributed by atoms with Crippen molar-refractivity contribution in [1.82, 2.24) is 0 Å². The van der Waals surface area contributed by atoms with Gasteiger partial charge in [0, 0.05) is 0 Å². The normalized spacial score (nSPS) is 24.4. The van der Waals surface area contributed by atoms with Gasteiger partial charge < -0.3 is 14.2 Å². The van der Waals surface area contributed by atoms with E-state index in [-0.39, 0.29) is 6.29 Å². The third-order valence-electron chi connectivity index (χ3n) is 2.89. The van der Waals surface area contributed by atoms with E-state index in [0.717, 1.165) is 18.6 Å². The zero-order valence-electron chi connectivity index (χ0n) is 10.5. The van der Waals surface area contributed by atoms with Crippen LogP contribution < -0.4 is 4.74 Å². The van der Waals surface area contributed by atoms with Gasteiger partial charge in [0.15, 0.2) is 6.29 Å². The predicted molar refractivity (Wildman–Crippen MR) is 66.1 cm³/mol. The van der Waals surface area contributed by atoms with Gasteiger partial charge in [-0.1, -0.05) is 25.1 Å². The van der Waals surface area contributed by atoms with Gasteiger partial charge in [-0.3, -0.25) is 0 Å². The van der Waals surface area contributed by atoms with Crippen molar-refractivity contribution in [2.45, 2.75) is 45.2 Å². The second-order valence-electron chi connectivity index (χ2n) is 4.28. The molecule has 17 heavy (non-hydrogen) atoms. The summed E-state index contributed by atoms with van der Waals surface area (Å²) in [5.41, 5.74) is 0. The lowest BCUT2D eigenvalue weighted by Gasteiger charge is -2.14. The molecule has 1 heterocycles. The molecule has 0 radical (unpaired) electrons. The van der Waals surface area contributed by atoms with Crippen molar-refractivity contribution >= 4 is 0 Å². The molecule has 1 aliphatic rings. The molecule has 1 saturated heterocycles. The van der Waals surface area contributed by atoms with E-state index in [1.54, 1.807) is 0 Å². The molecule has 94 valence electrons. The Labute approximate surface area is 103 Å². The van der Waals surface area contributed by atoms with Crippen molar-refractivity contribution in [2.75, 3.05) is 6.61 Å². The highest BCUT2D eigenvalue weighted by atomic mass is 16.7. The number of benzene rings is 1. The van der Waals surface area contributed by atoms with Crippen LogP contribution in [-0.2, 0) is 9.47 Å². The molecule has 0 amide bonds. The maximum atomic E-state index is 5.61. The maximum Gasteiger partial charge on any atom is 0.196 e. The second kappa shape index (κ2) is 6.03. The lowest BCUT2D eigenvalue weighted by atomic mass is 10.2. The highest BCUT2D eigenvalue weighted by Gasteiger charge is 2.36. The van der Waals surface area contributed by atoms with Gasteiger partial charge in [0.05, 0.1) is 18.8 Å². The standard InChI is InChI=1S/C14H20O3/c1-3-13-14(17-13)9-10-15-11(2)16-12-7-5-4-6-8-12/h4-8,11,13-14H,3,9-10H2,1-2H3. The van der Waals surface area contributed by atoms with Crippen molar-refractivity contribution in [1.29, 1.82) is 0 Å². The highest BCUT2D eigenvalue weighted by Crippen LogP contribution is 2.27. The van der Waals surface area contributed by atoms with E-state index in [2.05, 4.69) is 6.92 Å². The summed E-state index contributed by atoms with van der Waals surface area (Å²) in [6.07, 6.45) is 2.71. The first-order valence-corrected chi connectivity index (χ1v) is 6.28. The van der Waals surface area contributed by atoms with Crippen LogP contribution in [0.4, 0.5) is 0 Å². The van der Waals surface area contributed by atoms with Gasteiger partial charge in [0.1, 0.15) is 5.75 Å². The fourth-order valence-electron chi connectivity index (χ4n) is 1.87. The van der Waals surface area contributed by atoms with Crippen LogP contribution >= 0.6 is 0 Å². The molecule has 3 nitrogen and oxygen atoms in total. The van der Waals surface area contributed by atoms with Gasteiger partial charge in [-0.05, 0) is 31.9 Å². The molecule has 2 rings (SSSR count). The first-order valence-electron chi connectivity index (χ1n) is 6.28. The zero-order chi connectivity index (χ0) is 12.1. The minimum atomic E-state index is -0.212. The molecule has 3 heteroatoms. The van der Waals surface area contributed by atoms with E-state index in [1.807, 2.05) is 37.3 Å². The van der Waals surface area contributed by atoms with Gasteiger partial charge in [-0.15, -0.1) is 0 Å². The molecule has 0 aromatic heterocycles. The molecular formula is C14H20O3. The Morgan fingerprint density at radius 3 is 2.65 bits per heavy atom. The molecule has 0 spiro atoms. The summed E-state index contributed by atoms with van der Waals surface area (Å²) in [7, 11) is 0. The monoisotopic (exact) mass is 236 g/mol. The smallest absolute Gasteiger partial charge is 0.196 e. The van der Waals surface area contributed by atoms with E-state index in [9.17, 15) is 0 Å². The molecule has 1 aromatic carbocycles. The molecule has 3 atom stereocenters. The molecule has 0 bridgehead atoms. The average Bonchev–Trinajstić information content (AvgIpc) is 3.09. The Kier molecular flexibility index (Phi) is 4.40. The largest absolute Gasteiger partial charge is 0.465 e. The zero-order valence-corrected chi connectivity index (χ0v) is 10.5. The Bertz CT molecular complexity index is 325. The Hall–Kier alpha value is -1.06. The Morgan fingerprint density at radius 2 is 2.00 bits per heavy atom. The van der Waals surface area contributed by atoms with Crippen molar-refractivity contribution in [2.24, 2.45) is 0 Å². The summed E-state index contributed by atoms with van der Waals surface area (Å²) in [6, 6.07) is 9.72. The van der Waals surface area contributed by atoms with Crippen molar-refractivity contribution in [3.8, 4) is 5.75 Å². The molecule has 1 fully saturated rings. The molecule has 0 N–H and O–H groups in total. The SMILES string of the molecule is CCC1OC1CCOC(C)Oc1ccccc1. The molecule has 0 saturated carbocycles. The van der Waals surface area contributed by atoms with Crippen molar-refractivity contribution in [3.63, 3.8) is 0 Å². The third kappa shape index (κ3) is 4.02. The predicted octanol–water partition coefficient (Wildman–Crippen LogP) is 3.00. The van der Waals surface area contributed by atoms with E-state index in [4.69, 9.17) is 14.2 Å². The van der Waals surface area contributed by atoms with Crippen LogP contribution in [0.3, 0.4) is 0 Å². The van der Waals surface area contributed by atoms with Gasteiger partial charge >= 0.3 is 0 Å². The van der Waals surface area contributed by atoms with Crippen LogP contribution in [0, 0.1) is 0 Å². The lowest BCUT2D eigenvalue weighted by molar-refractivity contribution is -0.0684. The van der Waals surface area contributed by atoms with Crippen LogP contribution in [0.1, 0.15) is 26.7 Å². The van der Waals surface area contributed by atoms with Gasteiger partial charge in [0.2, 0.25) is 0 Å². The summed E-state index contributed by atoms with van der Waals surface area (Å²) < 4.78 is 16.6. The average molecular weight is 236 g/mol. The quantitative estimate of drug-likeness (QED) is 0.538. The summed E-state index contributed by atoms with van der Waals surface area (Å²) in [5.74, 6) is 0.842. The van der Waals surface area contributed by atoms with Crippen molar-refractivity contribution < 1.29 is 14.2 Å². The van der Waals surface area contributed by atoms with E-state index in [1.165, 1.54) is 0 Å². The van der Waals surface area contributed by atoms with Crippen LogP contribution in [0.15, 0.2) is 30.3 Å². The molecule has 0 aliphatic carbocycles. The maximum absolute atomic E-state index is 5.61. The van der Waals surface area contributed by atoms with Gasteiger partial charge in [0.25, 0.3) is 0 Å². The minimum Gasteiger partial charge on any atom is -0.465 e.